The molecule has 0 aromatic carbocycles. The summed E-state index contributed by atoms with van der Waals surface area (Å²) in [5.74, 6) is 0. The van der Waals surface area contributed by atoms with Crippen LogP contribution in [0.25, 0.3) is 0 Å². The lowest BCUT2D eigenvalue weighted by Crippen LogP contribution is -2.24. The van der Waals surface area contributed by atoms with Crippen LogP contribution in [-0.2, 0) is 0 Å². The molecule has 0 aliphatic carbocycles. The van der Waals surface area contributed by atoms with E-state index in [0.717, 1.165) is 0 Å². The zero-order chi connectivity index (χ0) is 10.5. The first kappa shape index (κ1) is 10.6. The average Bonchev–Trinajstić information content (AvgIpc) is 2.75. The number of hydrogen-bond acceptors (Lipinski definition) is 2. The molecule has 0 spiro atoms. The first-order valence-corrected chi connectivity index (χ1v) is 6.07. The van der Waals surface area contributed by atoms with Crippen molar-refractivity contribution in [1.29, 1.82) is 0 Å². The first-order valence-electron chi connectivity index (χ1n) is 6.07. The second kappa shape index (κ2) is 5.26. The smallest absolute Gasteiger partial charge is 0.0575 e. The van der Waals surface area contributed by atoms with Gasteiger partial charge >= 0.3 is 0 Å². The Morgan fingerprint density at radius 3 is 3.13 bits per heavy atom. The van der Waals surface area contributed by atoms with Crippen LogP contribution in [0.3, 0.4) is 0 Å². The summed E-state index contributed by atoms with van der Waals surface area (Å²) in [6.45, 7) is 4.74. The molecular formula is C13H20N2. The van der Waals surface area contributed by atoms with Crippen molar-refractivity contribution in [3.05, 3.63) is 30.1 Å². The van der Waals surface area contributed by atoms with Gasteiger partial charge in [0.05, 0.1) is 11.7 Å². The van der Waals surface area contributed by atoms with Gasteiger partial charge in [0.1, 0.15) is 0 Å². The molecule has 82 valence electrons. The Balaban J connectivity index is 2.01. The van der Waals surface area contributed by atoms with Crippen molar-refractivity contribution in [1.82, 2.24) is 9.88 Å². The van der Waals surface area contributed by atoms with E-state index < -0.39 is 0 Å². The molecule has 1 aromatic heterocycles. The molecule has 2 nitrogen and oxygen atoms in total. The summed E-state index contributed by atoms with van der Waals surface area (Å²) in [6, 6.07) is 6.83. The Morgan fingerprint density at radius 2 is 2.40 bits per heavy atom. The molecule has 1 atom stereocenters. The van der Waals surface area contributed by atoms with Crippen molar-refractivity contribution in [3.63, 3.8) is 0 Å². The molecule has 0 saturated carbocycles. The highest BCUT2D eigenvalue weighted by atomic mass is 15.2. The summed E-state index contributed by atoms with van der Waals surface area (Å²) in [6.07, 6.45) is 7.10. The largest absolute Gasteiger partial charge is 0.295 e. The molecule has 2 heteroatoms. The van der Waals surface area contributed by atoms with Crippen molar-refractivity contribution < 1.29 is 0 Å². The zero-order valence-electron chi connectivity index (χ0n) is 9.52. The Kier molecular flexibility index (Phi) is 3.73. The quantitative estimate of drug-likeness (QED) is 0.749. The highest BCUT2D eigenvalue weighted by Crippen LogP contribution is 2.30. The van der Waals surface area contributed by atoms with E-state index in [2.05, 4.69) is 28.9 Å². The van der Waals surface area contributed by atoms with Crippen molar-refractivity contribution in [2.24, 2.45) is 0 Å². The summed E-state index contributed by atoms with van der Waals surface area (Å²) in [5, 5.41) is 0. The Morgan fingerprint density at radius 1 is 1.47 bits per heavy atom. The van der Waals surface area contributed by atoms with Gasteiger partial charge in [-0.3, -0.25) is 9.88 Å². The van der Waals surface area contributed by atoms with Gasteiger partial charge in [-0.05, 0) is 44.5 Å². The van der Waals surface area contributed by atoms with Crippen LogP contribution in [0.5, 0.6) is 0 Å². The van der Waals surface area contributed by atoms with Crippen molar-refractivity contribution in [2.75, 3.05) is 13.1 Å². The molecule has 2 rings (SSSR count). The number of aromatic nitrogens is 1. The van der Waals surface area contributed by atoms with Gasteiger partial charge in [-0.2, -0.15) is 0 Å². The van der Waals surface area contributed by atoms with E-state index in [1.165, 1.54) is 44.5 Å². The van der Waals surface area contributed by atoms with E-state index in [0.29, 0.717) is 6.04 Å². The lowest BCUT2D eigenvalue weighted by Gasteiger charge is -2.23. The van der Waals surface area contributed by atoms with Crippen LogP contribution in [-0.4, -0.2) is 23.0 Å². The molecule has 1 fully saturated rings. The lowest BCUT2D eigenvalue weighted by molar-refractivity contribution is 0.249. The monoisotopic (exact) mass is 204 g/mol. The van der Waals surface area contributed by atoms with Crippen LogP contribution < -0.4 is 0 Å². The topological polar surface area (TPSA) is 16.1 Å². The van der Waals surface area contributed by atoms with Crippen LogP contribution in [0.15, 0.2) is 24.4 Å². The number of rotatable bonds is 4. The van der Waals surface area contributed by atoms with E-state index in [-0.39, 0.29) is 0 Å². The fourth-order valence-electron chi connectivity index (χ4n) is 2.36. The minimum Gasteiger partial charge on any atom is -0.295 e. The van der Waals surface area contributed by atoms with E-state index in [4.69, 9.17) is 0 Å². The molecule has 15 heavy (non-hydrogen) atoms. The van der Waals surface area contributed by atoms with Gasteiger partial charge in [0.15, 0.2) is 0 Å². The summed E-state index contributed by atoms with van der Waals surface area (Å²) < 4.78 is 0. The summed E-state index contributed by atoms with van der Waals surface area (Å²) >= 11 is 0. The standard InChI is InChI=1S/C13H20N2/c1-2-3-10-15-11-6-8-13(15)12-7-4-5-9-14-12/h4-5,7,9,13H,2-3,6,8,10-11H2,1H3/t13-/m0/s1. The van der Waals surface area contributed by atoms with E-state index >= 15 is 0 Å². The van der Waals surface area contributed by atoms with Crippen LogP contribution in [0.4, 0.5) is 0 Å². The highest BCUT2D eigenvalue weighted by molar-refractivity contribution is 5.10. The van der Waals surface area contributed by atoms with Crippen LogP contribution in [0, 0.1) is 0 Å². The Hall–Kier alpha value is -0.890. The minimum absolute atomic E-state index is 0.581. The van der Waals surface area contributed by atoms with Gasteiger partial charge < -0.3 is 0 Å². The SMILES string of the molecule is CCCCN1CCC[C@H]1c1ccccn1. The molecule has 0 bridgehead atoms. The molecule has 0 amide bonds. The van der Waals surface area contributed by atoms with Crippen molar-refractivity contribution in [2.45, 2.75) is 38.6 Å². The number of unbranched alkanes of at least 4 members (excludes halogenated alkanes) is 1. The fourth-order valence-corrected chi connectivity index (χ4v) is 2.36. The van der Waals surface area contributed by atoms with Gasteiger partial charge in [-0.25, -0.2) is 0 Å². The predicted octanol–water partition coefficient (Wildman–Crippen LogP) is 3.02. The zero-order valence-corrected chi connectivity index (χ0v) is 9.52. The van der Waals surface area contributed by atoms with Crippen LogP contribution in [0.2, 0.25) is 0 Å². The van der Waals surface area contributed by atoms with Gasteiger partial charge in [0, 0.05) is 6.20 Å². The van der Waals surface area contributed by atoms with E-state index in [1.807, 2.05) is 12.3 Å². The third-order valence-electron chi connectivity index (χ3n) is 3.19. The lowest BCUT2D eigenvalue weighted by atomic mass is 10.1. The third kappa shape index (κ3) is 2.57. The van der Waals surface area contributed by atoms with Crippen LogP contribution >= 0.6 is 0 Å². The Labute approximate surface area is 92.3 Å². The number of hydrogen-bond donors (Lipinski definition) is 0. The summed E-state index contributed by atoms with van der Waals surface area (Å²) in [5.41, 5.74) is 1.26. The summed E-state index contributed by atoms with van der Waals surface area (Å²) in [4.78, 5) is 7.07. The molecule has 1 aliphatic heterocycles. The maximum absolute atomic E-state index is 4.48. The summed E-state index contributed by atoms with van der Waals surface area (Å²) in [7, 11) is 0. The Bertz CT molecular complexity index is 284. The molecule has 1 aliphatic rings. The minimum atomic E-state index is 0.581. The van der Waals surface area contributed by atoms with Crippen molar-refractivity contribution in [3.8, 4) is 0 Å². The van der Waals surface area contributed by atoms with Crippen LogP contribution in [0.1, 0.15) is 44.3 Å². The molecular weight excluding hydrogens is 184 g/mol. The molecule has 1 saturated heterocycles. The number of nitrogens with zero attached hydrogens (tertiary/aromatic N) is 2. The number of likely N-dealkylation sites (tertiary alicyclic amines) is 1. The molecule has 0 N–H and O–H groups in total. The maximum Gasteiger partial charge on any atom is 0.0575 e. The van der Waals surface area contributed by atoms with E-state index in [1.54, 1.807) is 0 Å². The predicted molar refractivity (Wildman–Crippen MR) is 62.7 cm³/mol. The van der Waals surface area contributed by atoms with Crippen molar-refractivity contribution >= 4 is 0 Å². The van der Waals surface area contributed by atoms with Gasteiger partial charge in [-0.1, -0.05) is 19.4 Å². The normalized spacial score (nSPS) is 22.1. The highest BCUT2D eigenvalue weighted by Gasteiger charge is 2.25. The second-order valence-electron chi connectivity index (χ2n) is 4.30. The maximum atomic E-state index is 4.48. The fraction of sp³-hybridized carbons (Fsp3) is 0.615. The first-order chi connectivity index (χ1) is 7.42. The molecule has 2 heterocycles. The molecule has 0 unspecified atom stereocenters. The van der Waals surface area contributed by atoms with E-state index in [9.17, 15) is 0 Å². The average molecular weight is 204 g/mol. The molecule has 0 radical (unpaired) electrons. The van der Waals surface area contributed by atoms with Gasteiger partial charge in [0.2, 0.25) is 0 Å². The molecule has 1 aromatic rings. The second-order valence-corrected chi connectivity index (χ2v) is 4.30. The third-order valence-corrected chi connectivity index (χ3v) is 3.19. The number of pyridine rings is 1. The van der Waals surface area contributed by atoms with Gasteiger partial charge in [-0.15, -0.1) is 0 Å². The van der Waals surface area contributed by atoms with Gasteiger partial charge in [0.25, 0.3) is 0 Å².